The van der Waals surface area contributed by atoms with E-state index >= 15 is 0 Å². The molecule has 1 unspecified atom stereocenters. The minimum atomic E-state index is 0.141. The largest absolute Gasteiger partial charge is 0.402 e. The predicted molar refractivity (Wildman–Crippen MR) is 97.3 cm³/mol. The summed E-state index contributed by atoms with van der Waals surface area (Å²) in [5.41, 5.74) is 8.95. The number of hydrogen-bond acceptors (Lipinski definition) is 3. The van der Waals surface area contributed by atoms with Gasteiger partial charge in [0, 0.05) is 29.7 Å². The minimum absolute atomic E-state index is 0.141. The quantitative estimate of drug-likeness (QED) is 0.748. The first kappa shape index (κ1) is 18.5. The maximum Gasteiger partial charge on any atom is 0.0576 e. The van der Waals surface area contributed by atoms with Crippen LogP contribution in [0.25, 0.3) is 0 Å². The highest BCUT2D eigenvalue weighted by Crippen LogP contribution is 2.28. The van der Waals surface area contributed by atoms with Gasteiger partial charge in [0.25, 0.3) is 0 Å². The fraction of sp³-hybridized carbons (Fsp3) is 0.389. The third kappa shape index (κ3) is 6.04. The zero-order chi connectivity index (χ0) is 16.5. The first-order chi connectivity index (χ1) is 10.5. The molecule has 0 fully saturated rings. The summed E-state index contributed by atoms with van der Waals surface area (Å²) in [6.07, 6.45) is 6.79. The molecule has 0 heterocycles. The van der Waals surface area contributed by atoms with Gasteiger partial charge in [0.1, 0.15) is 0 Å². The van der Waals surface area contributed by atoms with Crippen molar-refractivity contribution in [3.8, 4) is 0 Å². The van der Waals surface area contributed by atoms with Crippen LogP contribution < -0.4 is 5.73 Å². The van der Waals surface area contributed by atoms with Gasteiger partial charge in [-0.25, -0.2) is 0 Å². The van der Waals surface area contributed by atoms with E-state index in [1.54, 1.807) is 0 Å². The van der Waals surface area contributed by atoms with Gasteiger partial charge in [0.05, 0.1) is 6.04 Å². The maximum absolute atomic E-state index is 6.00. The van der Waals surface area contributed by atoms with Crippen LogP contribution in [0.4, 0.5) is 0 Å². The van der Waals surface area contributed by atoms with Crippen LogP contribution in [-0.2, 0) is 0 Å². The molecule has 3 nitrogen and oxygen atoms in total. The van der Waals surface area contributed by atoms with Crippen molar-refractivity contribution in [2.45, 2.75) is 33.2 Å². The highest BCUT2D eigenvalue weighted by Gasteiger charge is 2.18. The molecule has 0 saturated carbocycles. The van der Waals surface area contributed by atoms with Crippen LogP contribution >= 0.6 is 11.6 Å². The van der Waals surface area contributed by atoms with Gasteiger partial charge in [-0.2, -0.15) is 0 Å². The lowest BCUT2D eigenvalue weighted by Gasteiger charge is -2.28. The number of nitrogens with two attached hydrogens (primary N) is 1. The fourth-order valence-electron chi connectivity index (χ4n) is 2.25. The molecule has 0 aliphatic rings. The third-order valence-corrected chi connectivity index (χ3v) is 3.58. The zero-order valence-electron chi connectivity index (χ0n) is 13.9. The number of likely N-dealkylation sites (N-methyl/N-ethyl adjacent to an activating group) is 1. The molecule has 1 aromatic rings. The topological polar surface area (TPSA) is 41.6 Å². The Morgan fingerprint density at radius 3 is 2.50 bits per heavy atom. The molecule has 2 N–H and O–H groups in total. The molecule has 0 spiro atoms. The number of hydrogen-bond donors (Lipinski definition) is 1. The second-order valence-electron chi connectivity index (χ2n) is 5.45. The average Bonchev–Trinajstić information content (AvgIpc) is 2.47. The smallest absolute Gasteiger partial charge is 0.0576 e. The van der Waals surface area contributed by atoms with Crippen LogP contribution in [0, 0.1) is 0 Å². The Balaban J connectivity index is 3.08. The van der Waals surface area contributed by atoms with E-state index in [0.29, 0.717) is 0 Å². The molecular formula is C18H26ClN3. The van der Waals surface area contributed by atoms with Crippen LogP contribution in [0.2, 0.25) is 5.02 Å². The summed E-state index contributed by atoms with van der Waals surface area (Å²) in [6.45, 7) is 6.85. The first-order valence-corrected chi connectivity index (χ1v) is 7.89. The van der Waals surface area contributed by atoms with Crippen LogP contribution in [0.5, 0.6) is 0 Å². The summed E-state index contributed by atoms with van der Waals surface area (Å²) < 4.78 is 0. The van der Waals surface area contributed by atoms with Crippen molar-refractivity contribution in [2.75, 3.05) is 13.6 Å². The summed E-state index contributed by atoms with van der Waals surface area (Å²) >= 11 is 6.00. The van der Waals surface area contributed by atoms with Gasteiger partial charge in [-0.1, -0.05) is 36.7 Å². The molecule has 0 aliphatic carbocycles. The first-order valence-electron chi connectivity index (χ1n) is 7.52. The minimum Gasteiger partial charge on any atom is -0.402 e. The normalized spacial score (nSPS) is 14.8. The molecule has 0 amide bonds. The number of benzene rings is 1. The van der Waals surface area contributed by atoms with E-state index in [1.165, 1.54) is 11.1 Å². The molecule has 0 aliphatic heterocycles. The van der Waals surface area contributed by atoms with E-state index in [-0.39, 0.29) is 6.04 Å². The fourth-order valence-corrected chi connectivity index (χ4v) is 2.38. The van der Waals surface area contributed by atoms with Gasteiger partial charge < -0.3 is 5.73 Å². The third-order valence-electron chi connectivity index (χ3n) is 3.33. The number of rotatable bonds is 7. The van der Waals surface area contributed by atoms with Crippen molar-refractivity contribution in [3.05, 3.63) is 58.4 Å². The van der Waals surface area contributed by atoms with Gasteiger partial charge in [-0.15, -0.1) is 0 Å². The molecule has 4 heteroatoms. The summed E-state index contributed by atoms with van der Waals surface area (Å²) in [6, 6.07) is 8.10. The van der Waals surface area contributed by atoms with Crippen LogP contribution in [0.3, 0.4) is 0 Å². The van der Waals surface area contributed by atoms with Crippen molar-refractivity contribution < 1.29 is 0 Å². The van der Waals surface area contributed by atoms with Gasteiger partial charge in [-0.05, 0) is 50.6 Å². The lowest BCUT2D eigenvalue weighted by atomic mass is 9.99. The lowest BCUT2D eigenvalue weighted by Crippen LogP contribution is -2.26. The van der Waals surface area contributed by atoms with E-state index < -0.39 is 0 Å². The van der Waals surface area contributed by atoms with E-state index in [2.05, 4.69) is 42.9 Å². The SMILES string of the molecule is CCC=N/C=C(\C)C(c1ccc(Cl)cc1)N(C)C/C=C(\C)N. The molecule has 1 aromatic carbocycles. The number of halogens is 1. The van der Waals surface area contributed by atoms with E-state index in [4.69, 9.17) is 17.3 Å². The Hall–Kier alpha value is -1.58. The molecule has 1 rings (SSSR count). The average molecular weight is 320 g/mol. The van der Waals surface area contributed by atoms with Crippen LogP contribution in [-0.4, -0.2) is 24.7 Å². The zero-order valence-corrected chi connectivity index (χ0v) is 14.6. The summed E-state index contributed by atoms with van der Waals surface area (Å²) in [5, 5.41) is 0.744. The molecule has 0 radical (unpaired) electrons. The van der Waals surface area contributed by atoms with Crippen molar-refractivity contribution in [2.24, 2.45) is 10.7 Å². The summed E-state index contributed by atoms with van der Waals surface area (Å²) in [4.78, 5) is 6.59. The van der Waals surface area contributed by atoms with Crippen LogP contribution in [0.1, 0.15) is 38.8 Å². The molecule has 1 atom stereocenters. The monoisotopic (exact) mass is 319 g/mol. The highest BCUT2D eigenvalue weighted by molar-refractivity contribution is 6.30. The van der Waals surface area contributed by atoms with Crippen molar-refractivity contribution >= 4 is 17.8 Å². The molecule has 0 saturated heterocycles. The number of nitrogens with zero attached hydrogens (tertiary/aromatic N) is 2. The van der Waals surface area contributed by atoms with Gasteiger partial charge >= 0.3 is 0 Å². The Bertz CT molecular complexity index is 540. The Morgan fingerprint density at radius 2 is 1.95 bits per heavy atom. The van der Waals surface area contributed by atoms with Gasteiger partial charge in [0.2, 0.25) is 0 Å². The Morgan fingerprint density at radius 1 is 1.32 bits per heavy atom. The standard InChI is InChI=1S/C18H26ClN3/c1-5-11-21-13-14(2)18(22(4)12-10-15(3)20)16-6-8-17(19)9-7-16/h6-11,13,18H,5,12,20H2,1-4H3/b14-13+,15-10+,21-11?. The number of allylic oxidation sites excluding steroid dienone is 1. The Kier molecular flexibility index (Phi) is 7.92. The predicted octanol–water partition coefficient (Wildman–Crippen LogP) is 4.56. The Labute approximate surface area is 139 Å². The molecule has 0 aromatic heterocycles. The van der Waals surface area contributed by atoms with Gasteiger partial charge in [-0.3, -0.25) is 9.89 Å². The highest BCUT2D eigenvalue weighted by atomic mass is 35.5. The van der Waals surface area contributed by atoms with E-state index in [9.17, 15) is 0 Å². The molecule has 120 valence electrons. The molecule has 22 heavy (non-hydrogen) atoms. The second-order valence-corrected chi connectivity index (χ2v) is 5.89. The summed E-state index contributed by atoms with van der Waals surface area (Å²) in [7, 11) is 2.08. The van der Waals surface area contributed by atoms with Crippen molar-refractivity contribution in [1.29, 1.82) is 0 Å². The maximum atomic E-state index is 6.00. The number of aliphatic imine (C=N–C) groups is 1. The lowest BCUT2D eigenvalue weighted by molar-refractivity contribution is 0.303. The van der Waals surface area contributed by atoms with E-state index in [0.717, 1.165) is 23.7 Å². The summed E-state index contributed by atoms with van der Waals surface area (Å²) in [5.74, 6) is 0. The van der Waals surface area contributed by atoms with Crippen molar-refractivity contribution in [1.82, 2.24) is 4.90 Å². The van der Waals surface area contributed by atoms with Crippen molar-refractivity contribution in [3.63, 3.8) is 0 Å². The van der Waals surface area contributed by atoms with Crippen LogP contribution in [0.15, 0.2) is 52.8 Å². The van der Waals surface area contributed by atoms with E-state index in [1.807, 2.05) is 37.5 Å². The molecular weight excluding hydrogens is 294 g/mol. The molecule has 0 bridgehead atoms. The second kappa shape index (κ2) is 9.44. The van der Waals surface area contributed by atoms with Gasteiger partial charge in [0.15, 0.2) is 0 Å².